The van der Waals surface area contributed by atoms with Gasteiger partial charge in [0.2, 0.25) is 0 Å². The van der Waals surface area contributed by atoms with Crippen molar-refractivity contribution in [2.24, 2.45) is 0 Å². The summed E-state index contributed by atoms with van der Waals surface area (Å²) in [7, 11) is -9.82. The third kappa shape index (κ3) is 89.3. The molecular formula is C97H162O16P2. The van der Waals surface area contributed by atoms with Crippen molar-refractivity contribution in [1.82, 2.24) is 0 Å². The van der Waals surface area contributed by atoms with Crippen LogP contribution in [0.2, 0.25) is 0 Å². The molecule has 0 aliphatic carbocycles. The molecule has 0 spiro atoms. The lowest BCUT2D eigenvalue weighted by atomic mass is 10.0. The predicted octanol–water partition coefficient (Wildman–Crippen LogP) is 27.7. The molecule has 5 unspecified atom stereocenters. The van der Waals surface area contributed by atoms with Gasteiger partial charge in [-0.3, -0.25) is 32.5 Å². The number of phosphoric ester groups is 2. The van der Waals surface area contributed by atoms with Crippen LogP contribution < -0.4 is 0 Å². The van der Waals surface area contributed by atoms with Crippen molar-refractivity contribution in [3.8, 4) is 0 Å². The fraction of sp³-hybridized carbons (Fsp3) is 0.660. The molecule has 16 nitrogen and oxygen atoms in total. The van der Waals surface area contributed by atoms with E-state index in [1.165, 1.54) is 109 Å². The molecule has 656 valence electrons. The summed E-state index contributed by atoms with van der Waals surface area (Å²) in [4.78, 5) is 59.0. The minimum atomic E-state index is -4.95. The first-order valence-corrected chi connectivity index (χ1v) is 48.1. The van der Waals surface area contributed by atoms with Crippen molar-refractivity contribution in [2.45, 2.75) is 373 Å². The summed E-state index contributed by atoms with van der Waals surface area (Å²) in [6.07, 6.45) is 115. The molecule has 0 aliphatic rings. The number of rotatable bonds is 84. The van der Waals surface area contributed by atoms with E-state index in [0.29, 0.717) is 19.3 Å². The van der Waals surface area contributed by atoms with Crippen LogP contribution in [-0.2, 0) is 55.8 Å². The zero-order valence-electron chi connectivity index (χ0n) is 72.1. The Bertz CT molecular complexity index is 2820. The normalized spacial score (nSPS) is 14.7. The highest BCUT2D eigenvalue weighted by Crippen LogP contribution is 2.45. The van der Waals surface area contributed by atoms with Crippen LogP contribution in [0, 0.1) is 0 Å². The molecule has 5 atom stereocenters. The van der Waals surface area contributed by atoms with Gasteiger partial charge in [0.15, 0.2) is 6.10 Å². The molecule has 0 saturated heterocycles. The summed E-state index contributed by atoms with van der Waals surface area (Å²) in [5, 5.41) is 20.7. The van der Waals surface area contributed by atoms with E-state index in [0.717, 1.165) is 186 Å². The van der Waals surface area contributed by atoms with Crippen LogP contribution >= 0.6 is 15.6 Å². The Morgan fingerprint density at radius 2 is 0.461 bits per heavy atom. The number of unbranched alkanes of at least 4 members (excludes halogenated alkanes) is 31. The molecule has 0 bridgehead atoms. The highest BCUT2D eigenvalue weighted by molar-refractivity contribution is 7.47. The molecule has 0 aromatic carbocycles. The molecule has 0 rings (SSSR count). The van der Waals surface area contributed by atoms with E-state index in [4.69, 9.17) is 32.3 Å². The van der Waals surface area contributed by atoms with Gasteiger partial charge in [0.1, 0.15) is 25.4 Å². The van der Waals surface area contributed by atoms with Crippen molar-refractivity contribution >= 4 is 33.6 Å². The summed E-state index contributed by atoms with van der Waals surface area (Å²) in [6.45, 7) is 2.42. The third-order valence-electron chi connectivity index (χ3n) is 18.6. The van der Waals surface area contributed by atoms with Crippen LogP contribution in [0.1, 0.15) is 355 Å². The Balaban J connectivity index is 4.65. The van der Waals surface area contributed by atoms with Crippen LogP contribution in [0.5, 0.6) is 0 Å². The third-order valence-corrected chi connectivity index (χ3v) is 20.5. The Hall–Kier alpha value is -5.35. The molecule has 0 fully saturated rings. The van der Waals surface area contributed by atoms with Crippen LogP contribution in [0.4, 0.5) is 0 Å². The number of aliphatic hydroxyl groups excluding tert-OH is 2. The van der Waals surface area contributed by atoms with E-state index in [1.54, 1.807) is 0 Å². The molecule has 18 heteroatoms. The van der Waals surface area contributed by atoms with Gasteiger partial charge in [-0.2, -0.15) is 0 Å². The van der Waals surface area contributed by atoms with Gasteiger partial charge in [-0.1, -0.05) is 357 Å². The maximum atomic E-state index is 13.1. The number of carbonyl (C=O) groups excluding carboxylic acids is 3. The van der Waals surface area contributed by atoms with Crippen LogP contribution in [0.3, 0.4) is 0 Å². The number of esters is 3. The second-order valence-electron chi connectivity index (χ2n) is 29.6. The first-order chi connectivity index (χ1) is 56.2. The number of aliphatic hydroxyl groups is 2. The first-order valence-electron chi connectivity index (χ1n) is 45.1. The number of carbonyl (C=O) groups is 3. The van der Waals surface area contributed by atoms with Crippen molar-refractivity contribution in [3.05, 3.63) is 182 Å². The van der Waals surface area contributed by atoms with Gasteiger partial charge in [0.25, 0.3) is 0 Å². The SMILES string of the molecule is CC/C=C\C/C=C\C/C=C\C/C=C\C/C=C\C/C=C\CCCCCCCCCCCCC(=O)OCC(O)COP(=O)(O)OCC(O)COP(=O)(O)OCC(COC(=O)CCCCCCCCCCCCCCC/C=C\C/C=C\C/C=C\C/C=C\CCCCC)OC(=O)CCCCCCC/C=C\C/C=C\C/C=C\C/C=C\C/C=C\CC. The molecule has 0 heterocycles. The summed E-state index contributed by atoms with van der Waals surface area (Å²) >= 11 is 0. The average Bonchev–Trinajstić information content (AvgIpc) is 0.901. The van der Waals surface area contributed by atoms with Crippen LogP contribution in [-0.4, -0.2) is 95.9 Å². The van der Waals surface area contributed by atoms with Gasteiger partial charge in [-0.25, -0.2) is 9.13 Å². The molecule has 0 aliphatic heterocycles. The van der Waals surface area contributed by atoms with Crippen molar-refractivity contribution in [1.29, 1.82) is 0 Å². The maximum Gasteiger partial charge on any atom is 0.472 e. The Morgan fingerprint density at radius 3 is 0.730 bits per heavy atom. The quantitative estimate of drug-likeness (QED) is 0.0146. The first kappa shape index (κ1) is 110. The molecule has 0 saturated carbocycles. The topological polar surface area (TPSA) is 231 Å². The predicted molar refractivity (Wildman–Crippen MR) is 481 cm³/mol. The Kier molecular flexibility index (Phi) is 83.9. The largest absolute Gasteiger partial charge is 0.472 e. The lowest BCUT2D eigenvalue weighted by Crippen LogP contribution is -2.30. The second kappa shape index (κ2) is 87.9. The van der Waals surface area contributed by atoms with Gasteiger partial charge >= 0.3 is 33.6 Å². The zero-order chi connectivity index (χ0) is 83.6. The minimum absolute atomic E-state index is 0.0770. The van der Waals surface area contributed by atoms with Gasteiger partial charge < -0.3 is 34.2 Å². The van der Waals surface area contributed by atoms with E-state index >= 15 is 0 Å². The Morgan fingerprint density at radius 1 is 0.252 bits per heavy atom. The molecule has 0 aromatic heterocycles. The second-order valence-corrected chi connectivity index (χ2v) is 32.5. The molecule has 0 radical (unpaired) electrons. The van der Waals surface area contributed by atoms with Crippen molar-refractivity contribution in [3.63, 3.8) is 0 Å². The number of hydrogen-bond donors (Lipinski definition) is 4. The highest BCUT2D eigenvalue weighted by Gasteiger charge is 2.29. The van der Waals surface area contributed by atoms with E-state index < -0.39 is 91.5 Å². The lowest BCUT2D eigenvalue weighted by molar-refractivity contribution is -0.161. The van der Waals surface area contributed by atoms with Crippen LogP contribution in [0.25, 0.3) is 0 Å². The number of ether oxygens (including phenoxy) is 3. The molecule has 0 aromatic rings. The van der Waals surface area contributed by atoms with Gasteiger partial charge in [0.05, 0.1) is 26.4 Å². The molecule has 115 heavy (non-hydrogen) atoms. The highest BCUT2D eigenvalue weighted by atomic mass is 31.2. The summed E-state index contributed by atoms with van der Waals surface area (Å²) in [5.41, 5.74) is 0. The summed E-state index contributed by atoms with van der Waals surface area (Å²) < 4.78 is 61.4. The molecule has 4 N–H and O–H groups in total. The van der Waals surface area contributed by atoms with E-state index in [2.05, 4.69) is 203 Å². The summed E-state index contributed by atoms with van der Waals surface area (Å²) in [6, 6.07) is 0. The van der Waals surface area contributed by atoms with E-state index in [1.807, 2.05) is 0 Å². The zero-order valence-corrected chi connectivity index (χ0v) is 73.9. The van der Waals surface area contributed by atoms with Gasteiger partial charge in [-0.05, 0) is 161 Å². The fourth-order valence-corrected chi connectivity index (χ4v) is 13.4. The van der Waals surface area contributed by atoms with Crippen LogP contribution in [0.15, 0.2) is 182 Å². The standard InChI is InChI=1S/C97H162O16P2/c1-4-7-10-13-16-19-22-25-28-31-34-37-39-41-43-45-47-49-51-54-56-59-62-65-68-71-74-77-80-83-95(100)107-86-92(98)87-109-114(103,104)110-88-93(99)89-111-115(105,106)112-91-94(113-97(102)85-82-79-76-73-70-67-64-61-58-53-36-33-30-27-24-21-18-15-12-9-6-3)90-108-96(101)84-81-78-75-72-69-66-63-60-57-55-52-50-48-46-44-42-40-38-35-32-29-26-23-20-17-14-11-8-5-2/h7,9-10,12,16-21,25-30,34-38,41-44,47,49,53,61,64,92-94,98-99H,4-6,8,11,13-15,22-24,31-33,39-40,45-46,48,50-52,54-60,62-63,65-91H2,1-3H3,(H,103,104)(H,105,106)/b10-7-,12-9-,19-16-,20-17-,21-18-,28-25-,29-26-,30-27-,37-34-,38-35-,43-41-,44-42-,49-47-,53-36-,64-61-. The fourth-order valence-electron chi connectivity index (χ4n) is 11.8. The summed E-state index contributed by atoms with van der Waals surface area (Å²) in [5.74, 6) is -1.60. The van der Waals surface area contributed by atoms with Crippen molar-refractivity contribution < 1.29 is 75.8 Å². The number of phosphoric acid groups is 2. The maximum absolute atomic E-state index is 13.1. The van der Waals surface area contributed by atoms with Gasteiger partial charge in [-0.15, -0.1) is 0 Å². The van der Waals surface area contributed by atoms with E-state index in [9.17, 15) is 43.5 Å². The minimum Gasteiger partial charge on any atom is -0.463 e. The van der Waals surface area contributed by atoms with E-state index in [-0.39, 0.29) is 19.3 Å². The lowest BCUT2D eigenvalue weighted by Gasteiger charge is -2.21. The van der Waals surface area contributed by atoms with Crippen molar-refractivity contribution in [2.75, 3.05) is 39.6 Å². The number of allylic oxidation sites excluding steroid dienone is 30. The molecule has 0 amide bonds. The average molecular weight is 1650 g/mol. The van der Waals surface area contributed by atoms with Gasteiger partial charge in [0, 0.05) is 19.3 Å². The number of hydrogen-bond acceptors (Lipinski definition) is 14. The Labute approximate surface area is 700 Å². The monoisotopic (exact) mass is 1650 g/mol. The smallest absolute Gasteiger partial charge is 0.463 e. The molecular weight excluding hydrogens is 1480 g/mol.